The summed E-state index contributed by atoms with van der Waals surface area (Å²) in [6.07, 6.45) is 3.39. The predicted molar refractivity (Wildman–Crippen MR) is 75.9 cm³/mol. The molecule has 1 heterocycles. The number of hydrogen-bond donors (Lipinski definition) is 3. The van der Waals surface area contributed by atoms with Crippen molar-refractivity contribution in [2.75, 3.05) is 6.54 Å². The van der Waals surface area contributed by atoms with Gasteiger partial charge in [-0.1, -0.05) is 31.5 Å². The van der Waals surface area contributed by atoms with Gasteiger partial charge in [0.05, 0.1) is 12.5 Å². The molecule has 19 heavy (non-hydrogen) atoms. The van der Waals surface area contributed by atoms with E-state index in [9.17, 15) is 9.90 Å². The third kappa shape index (κ3) is 3.58. The van der Waals surface area contributed by atoms with Crippen molar-refractivity contribution in [1.29, 1.82) is 0 Å². The lowest BCUT2D eigenvalue weighted by Gasteiger charge is -2.10. The molecule has 0 saturated carbocycles. The molecule has 0 aliphatic carbocycles. The number of nitrogens with one attached hydrogen (secondary N) is 2. The van der Waals surface area contributed by atoms with E-state index in [1.54, 1.807) is 0 Å². The maximum absolute atomic E-state index is 11.8. The van der Waals surface area contributed by atoms with Crippen LogP contribution in [0.15, 0.2) is 30.5 Å². The molecule has 102 valence electrons. The zero-order valence-electron chi connectivity index (χ0n) is 11.1. The molecular formula is C15H20N2O2. The van der Waals surface area contributed by atoms with Crippen LogP contribution in [0.4, 0.5) is 0 Å². The van der Waals surface area contributed by atoms with Crippen molar-refractivity contribution in [3.8, 4) is 0 Å². The average Bonchev–Trinajstić information content (AvgIpc) is 2.80. The molecule has 3 N–H and O–H groups in total. The number of para-hydroxylation sites is 1. The molecule has 0 saturated heterocycles. The molecule has 0 bridgehead atoms. The minimum atomic E-state index is -0.447. The summed E-state index contributed by atoms with van der Waals surface area (Å²) in [4.78, 5) is 15.0. The predicted octanol–water partition coefficient (Wildman–Crippen LogP) is 1.99. The molecule has 1 aromatic carbocycles. The first kappa shape index (κ1) is 13.6. The molecule has 1 atom stereocenters. The Morgan fingerprint density at radius 3 is 3.00 bits per heavy atom. The van der Waals surface area contributed by atoms with Crippen LogP contribution in [0.5, 0.6) is 0 Å². The van der Waals surface area contributed by atoms with Gasteiger partial charge in [0.15, 0.2) is 0 Å². The summed E-state index contributed by atoms with van der Waals surface area (Å²) in [6.45, 7) is 2.34. The molecule has 0 fully saturated rings. The van der Waals surface area contributed by atoms with E-state index in [4.69, 9.17) is 0 Å². The number of aromatic nitrogens is 1. The van der Waals surface area contributed by atoms with Crippen LogP contribution in [0.3, 0.4) is 0 Å². The second-order valence-electron chi connectivity index (χ2n) is 4.78. The minimum absolute atomic E-state index is 0.0556. The quantitative estimate of drug-likeness (QED) is 0.743. The van der Waals surface area contributed by atoms with E-state index in [2.05, 4.69) is 10.3 Å². The Bertz CT molecular complexity index is 548. The molecule has 4 nitrogen and oxygen atoms in total. The lowest BCUT2D eigenvalue weighted by molar-refractivity contribution is -0.120. The third-order valence-corrected chi connectivity index (χ3v) is 3.18. The number of hydrogen-bond acceptors (Lipinski definition) is 2. The lowest BCUT2D eigenvalue weighted by Crippen LogP contribution is -2.32. The van der Waals surface area contributed by atoms with Crippen LogP contribution in [0.25, 0.3) is 10.9 Å². The number of aliphatic hydroxyl groups is 1. The Hall–Kier alpha value is -1.81. The van der Waals surface area contributed by atoms with E-state index < -0.39 is 6.10 Å². The van der Waals surface area contributed by atoms with Crippen molar-refractivity contribution in [3.63, 3.8) is 0 Å². The van der Waals surface area contributed by atoms with Gasteiger partial charge >= 0.3 is 0 Å². The zero-order valence-corrected chi connectivity index (χ0v) is 11.1. The molecule has 1 unspecified atom stereocenters. The van der Waals surface area contributed by atoms with E-state index in [0.717, 1.165) is 22.9 Å². The maximum atomic E-state index is 11.8. The van der Waals surface area contributed by atoms with Gasteiger partial charge in [-0.05, 0) is 18.1 Å². The number of aliphatic hydroxyl groups excluding tert-OH is 1. The van der Waals surface area contributed by atoms with Crippen molar-refractivity contribution in [2.45, 2.75) is 32.3 Å². The number of aromatic amines is 1. The summed E-state index contributed by atoms with van der Waals surface area (Å²) in [5, 5.41) is 13.4. The largest absolute Gasteiger partial charge is 0.391 e. The highest BCUT2D eigenvalue weighted by Gasteiger charge is 2.10. The van der Waals surface area contributed by atoms with Crippen LogP contribution in [0, 0.1) is 0 Å². The lowest BCUT2D eigenvalue weighted by atomic mass is 10.1. The Morgan fingerprint density at radius 2 is 2.21 bits per heavy atom. The summed E-state index contributed by atoms with van der Waals surface area (Å²) in [5.74, 6) is -0.0556. The Labute approximate surface area is 112 Å². The molecule has 0 spiro atoms. The minimum Gasteiger partial charge on any atom is -0.391 e. The van der Waals surface area contributed by atoms with E-state index >= 15 is 0 Å². The van der Waals surface area contributed by atoms with Gasteiger partial charge in [0, 0.05) is 23.6 Å². The van der Waals surface area contributed by atoms with Crippen LogP contribution < -0.4 is 5.32 Å². The van der Waals surface area contributed by atoms with Crippen molar-refractivity contribution < 1.29 is 9.90 Å². The van der Waals surface area contributed by atoms with E-state index in [0.29, 0.717) is 19.4 Å². The number of H-pyrrole nitrogens is 1. The van der Waals surface area contributed by atoms with Gasteiger partial charge in [0.2, 0.25) is 5.91 Å². The normalized spacial score (nSPS) is 12.5. The standard InChI is InChI=1S/C15H20N2O2/c1-2-5-12(18)10-17-15(19)8-11-9-16-14-7-4-3-6-13(11)14/h3-4,6-7,9,12,16,18H,2,5,8,10H2,1H3,(H,17,19). The third-order valence-electron chi connectivity index (χ3n) is 3.18. The van der Waals surface area contributed by atoms with Crippen molar-refractivity contribution in [2.24, 2.45) is 0 Å². The van der Waals surface area contributed by atoms with E-state index in [1.807, 2.05) is 37.4 Å². The van der Waals surface area contributed by atoms with Crippen molar-refractivity contribution in [3.05, 3.63) is 36.0 Å². The summed E-state index contributed by atoms with van der Waals surface area (Å²) < 4.78 is 0. The van der Waals surface area contributed by atoms with Gasteiger partial charge in [0.25, 0.3) is 0 Å². The number of carbonyl (C=O) groups is 1. The number of rotatable bonds is 6. The fraction of sp³-hybridized carbons (Fsp3) is 0.400. The van der Waals surface area contributed by atoms with Gasteiger partial charge in [0.1, 0.15) is 0 Å². The van der Waals surface area contributed by atoms with Crippen LogP contribution >= 0.6 is 0 Å². The van der Waals surface area contributed by atoms with Crippen molar-refractivity contribution >= 4 is 16.8 Å². The maximum Gasteiger partial charge on any atom is 0.224 e. The van der Waals surface area contributed by atoms with Gasteiger partial charge in [-0.2, -0.15) is 0 Å². The molecule has 0 aliphatic heterocycles. The first-order chi connectivity index (χ1) is 9.20. The number of fused-ring (bicyclic) bond motifs is 1. The highest BCUT2D eigenvalue weighted by Crippen LogP contribution is 2.17. The Morgan fingerprint density at radius 1 is 1.42 bits per heavy atom. The summed E-state index contributed by atoms with van der Waals surface area (Å²) in [7, 11) is 0. The van der Waals surface area contributed by atoms with Crippen LogP contribution in [-0.4, -0.2) is 28.6 Å². The molecule has 2 rings (SSSR count). The highest BCUT2D eigenvalue weighted by molar-refractivity contribution is 5.88. The molecule has 1 aromatic heterocycles. The molecule has 0 aliphatic rings. The number of amides is 1. The fourth-order valence-corrected chi connectivity index (χ4v) is 2.18. The van der Waals surface area contributed by atoms with Crippen LogP contribution in [-0.2, 0) is 11.2 Å². The smallest absolute Gasteiger partial charge is 0.224 e. The summed E-state index contributed by atoms with van der Waals surface area (Å²) in [5.41, 5.74) is 2.02. The monoisotopic (exact) mass is 260 g/mol. The zero-order chi connectivity index (χ0) is 13.7. The summed E-state index contributed by atoms with van der Waals surface area (Å²) in [6, 6.07) is 7.91. The van der Waals surface area contributed by atoms with E-state index in [1.165, 1.54) is 0 Å². The first-order valence-corrected chi connectivity index (χ1v) is 6.70. The second-order valence-corrected chi connectivity index (χ2v) is 4.78. The van der Waals surface area contributed by atoms with Crippen LogP contribution in [0.1, 0.15) is 25.3 Å². The van der Waals surface area contributed by atoms with Gasteiger partial charge in [-0.25, -0.2) is 0 Å². The van der Waals surface area contributed by atoms with Crippen molar-refractivity contribution in [1.82, 2.24) is 10.3 Å². The molecule has 2 aromatic rings. The fourth-order valence-electron chi connectivity index (χ4n) is 2.18. The Kier molecular flexibility index (Phi) is 4.58. The van der Waals surface area contributed by atoms with Gasteiger partial charge < -0.3 is 15.4 Å². The highest BCUT2D eigenvalue weighted by atomic mass is 16.3. The second kappa shape index (κ2) is 6.38. The van der Waals surface area contributed by atoms with Crippen LogP contribution in [0.2, 0.25) is 0 Å². The van der Waals surface area contributed by atoms with Gasteiger partial charge in [-0.15, -0.1) is 0 Å². The van der Waals surface area contributed by atoms with Gasteiger partial charge in [-0.3, -0.25) is 4.79 Å². The topological polar surface area (TPSA) is 65.1 Å². The first-order valence-electron chi connectivity index (χ1n) is 6.70. The molecule has 1 amide bonds. The number of benzene rings is 1. The molecular weight excluding hydrogens is 240 g/mol. The average molecular weight is 260 g/mol. The Balaban J connectivity index is 1.92. The molecule has 0 radical (unpaired) electrons. The summed E-state index contributed by atoms with van der Waals surface area (Å²) >= 11 is 0. The SMILES string of the molecule is CCCC(O)CNC(=O)Cc1c[nH]c2ccccc12. The number of carbonyl (C=O) groups excluding carboxylic acids is 1. The molecule has 4 heteroatoms. The van der Waals surface area contributed by atoms with E-state index in [-0.39, 0.29) is 5.91 Å².